The zero-order valence-electron chi connectivity index (χ0n) is 10.5. The van der Waals surface area contributed by atoms with Gasteiger partial charge in [-0.25, -0.2) is 4.39 Å². The van der Waals surface area contributed by atoms with E-state index in [0.29, 0.717) is 5.69 Å². The Morgan fingerprint density at radius 3 is 2.89 bits per heavy atom. The summed E-state index contributed by atoms with van der Waals surface area (Å²) in [4.78, 5) is 11.7. The molecule has 0 spiro atoms. The fourth-order valence-corrected chi connectivity index (χ4v) is 1.66. The third-order valence-corrected chi connectivity index (χ3v) is 2.65. The van der Waals surface area contributed by atoms with Gasteiger partial charge in [0.25, 0.3) is 0 Å². The Bertz CT molecular complexity index is 540. The van der Waals surface area contributed by atoms with Gasteiger partial charge in [0.05, 0.1) is 18.8 Å². The van der Waals surface area contributed by atoms with Crippen LogP contribution in [0.1, 0.15) is 18.7 Å². The van der Waals surface area contributed by atoms with E-state index in [4.69, 9.17) is 4.42 Å². The molecule has 1 aromatic carbocycles. The van der Waals surface area contributed by atoms with Crippen molar-refractivity contribution < 1.29 is 13.6 Å². The molecule has 0 bridgehead atoms. The molecular weight excluding hydrogens is 247 g/mol. The standard InChI is InChI=1S/C14H15FN2O2/c1-10(13-6-3-7-19-13)16-9-14(18)17-12-5-2-4-11(15)8-12/h2-8,10,16H,9H2,1H3,(H,17,18). The minimum atomic E-state index is -0.380. The van der Waals surface area contributed by atoms with E-state index in [0.717, 1.165) is 5.76 Å². The third kappa shape index (κ3) is 3.93. The summed E-state index contributed by atoms with van der Waals surface area (Å²) in [6.45, 7) is 2.02. The second kappa shape index (κ2) is 6.15. The first-order chi connectivity index (χ1) is 9.15. The van der Waals surface area contributed by atoms with Gasteiger partial charge in [0.2, 0.25) is 5.91 Å². The molecule has 1 heterocycles. The molecule has 0 fully saturated rings. The summed E-state index contributed by atoms with van der Waals surface area (Å²) in [5.41, 5.74) is 0.442. The number of rotatable bonds is 5. The van der Waals surface area contributed by atoms with Gasteiger partial charge in [-0.15, -0.1) is 0 Å². The molecule has 1 unspecified atom stereocenters. The van der Waals surface area contributed by atoms with Crippen LogP contribution >= 0.6 is 0 Å². The maximum Gasteiger partial charge on any atom is 0.238 e. The van der Waals surface area contributed by atoms with Gasteiger partial charge in [-0.1, -0.05) is 6.07 Å². The number of carbonyl (C=O) groups is 1. The van der Waals surface area contributed by atoms with Crippen LogP contribution in [0.5, 0.6) is 0 Å². The molecule has 0 radical (unpaired) electrons. The Hall–Kier alpha value is -2.14. The first kappa shape index (κ1) is 13.3. The summed E-state index contributed by atoms with van der Waals surface area (Å²) in [5, 5.41) is 5.63. The second-order valence-corrected chi connectivity index (χ2v) is 4.18. The van der Waals surface area contributed by atoms with Crippen LogP contribution in [0.15, 0.2) is 47.1 Å². The van der Waals surface area contributed by atoms with E-state index in [1.54, 1.807) is 24.5 Å². The molecule has 2 N–H and O–H groups in total. The zero-order valence-corrected chi connectivity index (χ0v) is 10.5. The Balaban J connectivity index is 1.82. The number of hydrogen-bond donors (Lipinski definition) is 2. The van der Waals surface area contributed by atoms with Crippen LogP contribution in [0.3, 0.4) is 0 Å². The molecule has 4 nitrogen and oxygen atoms in total. The van der Waals surface area contributed by atoms with Crippen molar-refractivity contribution in [3.8, 4) is 0 Å². The highest BCUT2D eigenvalue weighted by Gasteiger charge is 2.09. The predicted octanol–water partition coefficient (Wildman–Crippen LogP) is 2.71. The molecule has 19 heavy (non-hydrogen) atoms. The largest absolute Gasteiger partial charge is 0.468 e. The van der Waals surface area contributed by atoms with Crippen molar-refractivity contribution in [2.75, 3.05) is 11.9 Å². The van der Waals surface area contributed by atoms with Gasteiger partial charge in [0.1, 0.15) is 11.6 Å². The Morgan fingerprint density at radius 1 is 1.37 bits per heavy atom. The smallest absolute Gasteiger partial charge is 0.238 e. The van der Waals surface area contributed by atoms with Crippen molar-refractivity contribution in [3.63, 3.8) is 0 Å². The summed E-state index contributed by atoms with van der Waals surface area (Å²) in [5.74, 6) is 0.150. The zero-order chi connectivity index (χ0) is 13.7. The lowest BCUT2D eigenvalue weighted by Gasteiger charge is -2.11. The molecule has 1 aromatic heterocycles. The van der Waals surface area contributed by atoms with E-state index in [9.17, 15) is 9.18 Å². The molecule has 5 heteroatoms. The summed E-state index contributed by atoms with van der Waals surface area (Å²) in [6.07, 6.45) is 1.58. The maximum atomic E-state index is 12.9. The second-order valence-electron chi connectivity index (χ2n) is 4.18. The van der Waals surface area contributed by atoms with Gasteiger partial charge in [-0.3, -0.25) is 10.1 Å². The average Bonchev–Trinajstić information content (AvgIpc) is 2.90. The van der Waals surface area contributed by atoms with Crippen LogP contribution in [-0.4, -0.2) is 12.5 Å². The van der Waals surface area contributed by atoms with Crippen LogP contribution in [0.2, 0.25) is 0 Å². The van der Waals surface area contributed by atoms with Gasteiger partial charge >= 0.3 is 0 Å². The molecule has 0 aliphatic rings. The number of furan rings is 1. The van der Waals surface area contributed by atoms with E-state index >= 15 is 0 Å². The van der Waals surface area contributed by atoms with Gasteiger partial charge in [-0.2, -0.15) is 0 Å². The molecule has 0 saturated heterocycles. The lowest BCUT2D eigenvalue weighted by Crippen LogP contribution is -2.29. The van der Waals surface area contributed by atoms with Crippen molar-refractivity contribution in [1.29, 1.82) is 0 Å². The highest BCUT2D eigenvalue weighted by Crippen LogP contribution is 2.12. The van der Waals surface area contributed by atoms with Crippen molar-refractivity contribution in [1.82, 2.24) is 5.32 Å². The molecule has 0 aliphatic heterocycles. The molecule has 2 rings (SSSR count). The SMILES string of the molecule is CC(NCC(=O)Nc1cccc(F)c1)c1ccco1. The lowest BCUT2D eigenvalue weighted by molar-refractivity contribution is -0.115. The number of carbonyl (C=O) groups excluding carboxylic acids is 1. The van der Waals surface area contributed by atoms with Crippen LogP contribution in [-0.2, 0) is 4.79 Å². The number of benzene rings is 1. The highest BCUT2D eigenvalue weighted by atomic mass is 19.1. The number of nitrogens with one attached hydrogen (secondary N) is 2. The number of amides is 1. The van der Waals surface area contributed by atoms with E-state index in [2.05, 4.69) is 10.6 Å². The van der Waals surface area contributed by atoms with Gasteiger partial charge in [-0.05, 0) is 37.3 Å². The molecule has 0 aliphatic carbocycles. The van der Waals surface area contributed by atoms with Crippen LogP contribution in [0.4, 0.5) is 10.1 Å². The van der Waals surface area contributed by atoms with Crippen molar-refractivity contribution in [2.24, 2.45) is 0 Å². The van der Waals surface area contributed by atoms with E-state index < -0.39 is 0 Å². The van der Waals surface area contributed by atoms with Gasteiger partial charge in [0, 0.05) is 5.69 Å². The first-order valence-corrected chi connectivity index (χ1v) is 5.97. The minimum Gasteiger partial charge on any atom is -0.468 e. The molecular formula is C14H15FN2O2. The Morgan fingerprint density at radius 2 is 2.21 bits per heavy atom. The van der Waals surface area contributed by atoms with Crippen molar-refractivity contribution in [3.05, 3.63) is 54.2 Å². The molecule has 0 saturated carbocycles. The molecule has 1 amide bonds. The monoisotopic (exact) mass is 262 g/mol. The van der Waals surface area contributed by atoms with Crippen LogP contribution in [0, 0.1) is 5.82 Å². The van der Waals surface area contributed by atoms with E-state index in [-0.39, 0.29) is 24.3 Å². The van der Waals surface area contributed by atoms with Crippen LogP contribution in [0.25, 0.3) is 0 Å². The quantitative estimate of drug-likeness (QED) is 0.871. The fourth-order valence-electron chi connectivity index (χ4n) is 1.66. The minimum absolute atomic E-state index is 0.0618. The highest BCUT2D eigenvalue weighted by molar-refractivity contribution is 5.92. The summed E-state index contributed by atoms with van der Waals surface area (Å²) in [6, 6.07) is 9.34. The number of halogens is 1. The summed E-state index contributed by atoms with van der Waals surface area (Å²) < 4.78 is 18.2. The van der Waals surface area contributed by atoms with Crippen LogP contribution < -0.4 is 10.6 Å². The van der Waals surface area contributed by atoms with Gasteiger partial charge in [0.15, 0.2) is 0 Å². The Kier molecular flexibility index (Phi) is 4.30. The number of hydrogen-bond acceptors (Lipinski definition) is 3. The topological polar surface area (TPSA) is 54.3 Å². The number of anilines is 1. The molecule has 2 aromatic rings. The fraction of sp³-hybridized carbons (Fsp3) is 0.214. The van der Waals surface area contributed by atoms with E-state index in [1.165, 1.54) is 12.1 Å². The summed E-state index contributed by atoms with van der Waals surface area (Å²) >= 11 is 0. The molecule has 100 valence electrons. The predicted molar refractivity (Wildman–Crippen MR) is 70.2 cm³/mol. The molecule has 1 atom stereocenters. The van der Waals surface area contributed by atoms with Gasteiger partial charge < -0.3 is 9.73 Å². The summed E-state index contributed by atoms with van der Waals surface area (Å²) in [7, 11) is 0. The van der Waals surface area contributed by atoms with Crippen molar-refractivity contribution >= 4 is 11.6 Å². The first-order valence-electron chi connectivity index (χ1n) is 5.97. The Labute approximate surface area is 110 Å². The lowest BCUT2D eigenvalue weighted by atomic mass is 10.2. The average molecular weight is 262 g/mol. The third-order valence-electron chi connectivity index (χ3n) is 2.65. The maximum absolute atomic E-state index is 12.9. The van der Waals surface area contributed by atoms with E-state index in [1.807, 2.05) is 13.0 Å². The normalized spacial score (nSPS) is 12.1. The van der Waals surface area contributed by atoms with Crippen molar-refractivity contribution in [2.45, 2.75) is 13.0 Å².